The Morgan fingerprint density at radius 3 is 2.10 bits per heavy atom. The van der Waals surface area contributed by atoms with Gasteiger partial charge in [-0.2, -0.15) is 0 Å². The zero-order valence-corrected chi connectivity index (χ0v) is 17.8. The summed E-state index contributed by atoms with van der Waals surface area (Å²) in [5.41, 5.74) is 3.54. The lowest BCUT2D eigenvalue weighted by atomic mass is 10.1. The van der Waals surface area contributed by atoms with Crippen molar-refractivity contribution in [1.29, 1.82) is 0 Å². The van der Waals surface area contributed by atoms with Crippen molar-refractivity contribution in [2.75, 3.05) is 10.0 Å². The average molecular weight is 439 g/mol. The van der Waals surface area contributed by atoms with Gasteiger partial charge in [0, 0.05) is 23.5 Å². The molecule has 3 aromatic carbocycles. The number of benzene rings is 3. The first-order valence-corrected chi connectivity index (χ1v) is 10.9. The third-order valence-corrected chi connectivity index (χ3v) is 6.12. The van der Waals surface area contributed by atoms with Crippen molar-refractivity contribution < 1.29 is 18.1 Å². The number of hydrogen-bond donors (Lipinski definition) is 2. The molecule has 0 spiro atoms. The molecule has 160 valence electrons. The Labute approximate surface area is 180 Å². The number of nitro benzene ring substituents is 1. The highest BCUT2D eigenvalue weighted by atomic mass is 32.2. The van der Waals surface area contributed by atoms with E-state index in [0.717, 1.165) is 11.1 Å². The van der Waals surface area contributed by atoms with E-state index in [1.165, 1.54) is 48.5 Å². The maximum absolute atomic E-state index is 12.6. The Morgan fingerprint density at radius 1 is 0.903 bits per heavy atom. The number of carbonyl (C=O) groups is 1. The van der Waals surface area contributed by atoms with Crippen LogP contribution in [-0.2, 0) is 21.2 Å². The summed E-state index contributed by atoms with van der Waals surface area (Å²) in [6.07, 6.45) is 0.0341. The predicted molar refractivity (Wildman–Crippen MR) is 119 cm³/mol. The first kappa shape index (κ1) is 22.0. The van der Waals surface area contributed by atoms with Crippen LogP contribution in [0, 0.1) is 24.0 Å². The van der Waals surface area contributed by atoms with E-state index in [1.54, 1.807) is 12.1 Å². The highest BCUT2D eigenvalue weighted by Crippen LogP contribution is 2.21. The summed E-state index contributed by atoms with van der Waals surface area (Å²) in [5, 5.41) is 13.4. The van der Waals surface area contributed by atoms with Crippen molar-refractivity contribution in [2.24, 2.45) is 0 Å². The summed E-state index contributed by atoms with van der Waals surface area (Å²) in [5.74, 6) is -0.322. The highest BCUT2D eigenvalue weighted by molar-refractivity contribution is 7.92. The van der Waals surface area contributed by atoms with Crippen LogP contribution < -0.4 is 10.0 Å². The van der Waals surface area contributed by atoms with Crippen molar-refractivity contribution in [3.8, 4) is 0 Å². The molecule has 0 aromatic heterocycles. The van der Waals surface area contributed by atoms with Crippen LogP contribution in [0.25, 0.3) is 0 Å². The number of amides is 1. The molecular weight excluding hydrogens is 418 g/mol. The Morgan fingerprint density at radius 2 is 1.52 bits per heavy atom. The minimum Gasteiger partial charge on any atom is -0.326 e. The molecule has 0 aliphatic rings. The summed E-state index contributed by atoms with van der Waals surface area (Å²) in [4.78, 5) is 22.5. The molecule has 0 saturated carbocycles. The third-order valence-electron chi connectivity index (χ3n) is 4.72. The molecule has 31 heavy (non-hydrogen) atoms. The summed E-state index contributed by atoms with van der Waals surface area (Å²) in [7, 11) is -3.77. The number of carbonyl (C=O) groups excluding carboxylic acids is 1. The van der Waals surface area contributed by atoms with Crippen molar-refractivity contribution in [1.82, 2.24) is 0 Å². The van der Waals surface area contributed by atoms with Gasteiger partial charge in [0.05, 0.1) is 16.2 Å². The minimum absolute atomic E-state index is 0.0341. The number of nitro groups is 1. The maximum Gasteiger partial charge on any atom is 0.269 e. The van der Waals surface area contributed by atoms with Crippen LogP contribution in [0.2, 0.25) is 0 Å². The Kier molecular flexibility index (Phi) is 6.36. The number of anilines is 2. The van der Waals surface area contributed by atoms with Gasteiger partial charge in [0.1, 0.15) is 0 Å². The molecule has 1 amide bonds. The van der Waals surface area contributed by atoms with Gasteiger partial charge in [-0.3, -0.25) is 19.6 Å². The van der Waals surface area contributed by atoms with E-state index in [-0.39, 0.29) is 22.9 Å². The van der Waals surface area contributed by atoms with Gasteiger partial charge >= 0.3 is 0 Å². The van der Waals surface area contributed by atoms with Crippen LogP contribution in [-0.4, -0.2) is 19.2 Å². The van der Waals surface area contributed by atoms with Gasteiger partial charge in [0.2, 0.25) is 5.91 Å². The second-order valence-corrected chi connectivity index (χ2v) is 8.76. The SMILES string of the molecule is Cc1ccc(NS(=O)(=O)c2ccc(NC(=O)Cc3ccc([N+](=O)[O-])cc3)cc2)cc1C. The quantitative estimate of drug-likeness (QED) is 0.423. The number of nitrogens with one attached hydrogen (secondary N) is 2. The summed E-state index contributed by atoms with van der Waals surface area (Å²) >= 11 is 0. The molecule has 0 atom stereocenters. The normalized spacial score (nSPS) is 11.0. The number of non-ortho nitro benzene ring substituents is 1. The molecule has 0 bridgehead atoms. The van der Waals surface area contributed by atoms with Crippen LogP contribution >= 0.6 is 0 Å². The van der Waals surface area contributed by atoms with Gasteiger partial charge in [-0.15, -0.1) is 0 Å². The molecule has 0 aliphatic carbocycles. The van der Waals surface area contributed by atoms with Crippen LogP contribution in [0.1, 0.15) is 16.7 Å². The van der Waals surface area contributed by atoms with Crippen molar-refractivity contribution in [2.45, 2.75) is 25.2 Å². The summed E-state index contributed by atoms with van der Waals surface area (Å²) in [6, 6.07) is 16.8. The van der Waals surface area contributed by atoms with Gasteiger partial charge < -0.3 is 5.32 Å². The standard InChI is InChI=1S/C22H21N3O5S/c1-15-3-6-19(13-16(15)2)24-31(29,30)21-11-7-18(8-12-21)23-22(26)14-17-4-9-20(10-5-17)25(27)28/h3-13,24H,14H2,1-2H3,(H,23,26). The molecule has 9 heteroatoms. The number of nitrogens with zero attached hydrogens (tertiary/aromatic N) is 1. The van der Waals surface area contributed by atoms with E-state index in [4.69, 9.17) is 0 Å². The Bertz CT molecular complexity index is 1220. The lowest BCUT2D eigenvalue weighted by Gasteiger charge is -2.11. The first-order chi connectivity index (χ1) is 14.6. The fourth-order valence-corrected chi connectivity index (χ4v) is 3.91. The second-order valence-electron chi connectivity index (χ2n) is 7.08. The molecule has 0 heterocycles. The maximum atomic E-state index is 12.6. The number of aryl methyl sites for hydroxylation is 2. The van der Waals surface area contributed by atoms with E-state index < -0.39 is 14.9 Å². The minimum atomic E-state index is -3.77. The van der Waals surface area contributed by atoms with Gasteiger partial charge in [-0.1, -0.05) is 18.2 Å². The van der Waals surface area contributed by atoms with E-state index in [2.05, 4.69) is 10.0 Å². The molecule has 0 fully saturated rings. The Balaban J connectivity index is 1.64. The predicted octanol–water partition coefficient (Wildman–Crippen LogP) is 4.19. The van der Waals surface area contributed by atoms with Gasteiger partial charge in [-0.05, 0) is 66.9 Å². The largest absolute Gasteiger partial charge is 0.326 e. The van der Waals surface area contributed by atoms with E-state index >= 15 is 0 Å². The number of rotatable bonds is 7. The van der Waals surface area contributed by atoms with E-state index in [1.807, 2.05) is 19.9 Å². The first-order valence-electron chi connectivity index (χ1n) is 9.37. The fourth-order valence-electron chi connectivity index (χ4n) is 2.86. The van der Waals surface area contributed by atoms with Crippen LogP contribution in [0.5, 0.6) is 0 Å². The molecule has 0 unspecified atom stereocenters. The highest BCUT2D eigenvalue weighted by Gasteiger charge is 2.15. The fraction of sp³-hybridized carbons (Fsp3) is 0.136. The van der Waals surface area contributed by atoms with Crippen LogP contribution in [0.15, 0.2) is 71.6 Å². The van der Waals surface area contributed by atoms with Crippen LogP contribution in [0.3, 0.4) is 0 Å². The number of sulfonamides is 1. The number of hydrogen-bond acceptors (Lipinski definition) is 5. The monoisotopic (exact) mass is 439 g/mol. The molecule has 0 saturated heterocycles. The van der Waals surface area contributed by atoms with Crippen molar-refractivity contribution >= 4 is 33.0 Å². The molecule has 0 aliphatic heterocycles. The lowest BCUT2D eigenvalue weighted by molar-refractivity contribution is -0.384. The van der Waals surface area contributed by atoms with Crippen molar-refractivity contribution in [3.05, 3.63) is 93.5 Å². The molecule has 0 radical (unpaired) electrons. The average Bonchev–Trinajstić information content (AvgIpc) is 2.71. The van der Waals surface area contributed by atoms with Crippen LogP contribution in [0.4, 0.5) is 17.1 Å². The molecule has 3 rings (SSSR count). The topological polar surface area (TPSA) is 118 Å². The summed E-state index contributed by atoms with van der Waals surface area (Å²) in [6.45, 7) is 3.85. The zero-order chi connectivity index (χ0) is 22.6. The zero-order valence-electron chi connectivity index (χ0n) is 17.0. The van der Waals surface area contributed by atoms with Crippen molar-refractivity contribution in [3.63, 3.8) is 0 Å². The summed E-state index contributed by atoms with van der Waals surface area (Å²) < 4.78 is 27.7. The molecule has 3 aromatic rings. The smallest absolute Gasteiger partial charge is 0.269 e. The molecular formula is C22H21N3O5S. The Hall–Kier alpha value is -3.72. The van der Waals surface area contributed by atoms with E-state index in [9.17, 15) is 23.3 Å². The molecule has 2 N–H and O–H groups in total. The second kappa shape index (κ2) is 8.97. The molecule has 8 nitrogen and oxygen atoms in total. The van der Waals surface area contributed by atoms with Gasteiger partial charge in [-0.25, -0.2) is 8.42 Å². The van der Waals surface area contributed by atoms with Gasteiger partial charge in [0.25, 0.3) is 15.7 Å². The lowest BCUT2D eigenvalue weighted by Crippen LogP contribution is -2.15. The van der Waals surface area contributed by atoms with Gasteiger partial charge in [0.15, 0.2) is 0 Å². The third kappa shape index (κ3) is 5.67. The van der Waals surface area contributed by atoms with E-state index in [0.29, 0.717) is 16.9 Å².